The highest BCUT2D eigenvalue weighted by molar-refractivity contribution is 5.87. The number of esters is 1. The van der Waals surface area contributed by atoms with Crippen LogP contribution in [0, 0.1) is 5.92 Å². The number of ether oxygens (including phenoxy) is 1. The molecular formula is C12H18N2O6. The Kier molecular flexibility index (Phi) is 5.95. The normalized spacial score (nSPS) is 19.6. The first-order valence-electron chi connectivity index (χ1n) is 6.30. The quantitative estimate of drug-likeness (QED) is 0.540. The van der Waals surface area contributed by atoms with Gasteiger partial charge < -0.3 is 20.5 Å². The van der Waals surface area contributed by atoms with Crippen LogP contribution < -0.4 is 10.6 Å². The number of piperidine rings is 1. The lowest BCUT2D eigenvalue weighted by Gasteiger charge is -2.23. The number of hydrogen-bond donors (Lipinski definition) is 3. The molecule has 3 N–H and O–H groups in total. The summed E-state index contributed by atoms with van der Waals surface area (Å²) < 4.78 is 4.42. The van der Waals surface area contributed by atoms with Gasteiger partial charge in [0.2, 0.25) is 11.8 Å². The standard InChI is InChI=1S/C12H18N2O6/c1-20-10(16)5-3-8(12(18)19)14-11(17)7-2-4-9(15)13-6-7/h7-8H,2-6H2,1H3,(H,13,15)(H,14,17)(H,18,19). The molecule has 8 nitrogen and oxygen atoms in total. The summed E-state index contributed by atoms with van der Waals surface area (Å²) >= 11 is 0. The molecule has 0 bridgehead atoms. The van der Waals surface area contributed by atoms with Crippen molar-refractivity contribution in [3.05, 3.63) is 0 Å². The van der Waals surface area contributed by atoms with E-state index in [9.17, 15) is 19.2 Å². The van der Waals surface area contributed by atoms with Crippen molar-refractivity contribution in [3.8, 4) is 0 Å². The average molecular weight is 286 g/mol. The van der Waals surface area contributed by atoms with Gasteiger partial charge in [0.25, 0.3) is 0 Å². The highest BCUT2D eigenvalue weighted by Crippen LogP contribution is 2.11. The molecule has 0 aromatic heterocycles. The molecule has 112 valence electrons. The van der Waals surface area contributed by atoms with E-state index in [4.69, 9.17) is 5.11 Å². The summed E-state index contributed by atoms with van der Waals surface area (Å²) in [6.07, 6.45) is 0.515. The minimum absolute atomic E-state index is 0.0349. The van der Waals surface area contributed by atoms with E-state index in [1.165, 1.54) is 7.11 Å². The lowest BCUT2D eigenvalue weighted by atomic mass is 9.97. The number of nitrogens with one attached hydrogen (secondary N) is 2. The van der Waals surface area contributed by atoms with E-state index in [1.54, 1.807) is 0 Å². The fourth-order valence-corrected chi connectivity index (χ4v) is 1.87. The van der Waals surface area contributed by atoms with Crippen LogP contribution in [0.25, 0.3) is 0 Å². The number of carbonyl (C=O) groups excluding carboxylic acids is 3. The van der Waals surface area contributed by atoms with Crippen LogP contribution in [0.2, 0.25) is 0 Å². The van der Waals surface area contributed by atoms with Crippen molar-refractivity contribution in [2.75, 3.05) is 13.7 Å². The molecule has 0 aromatic carbocycles. The Morgan fingerprint density at radius 3 is 2.70 bits per heavy atom. The minimum atomic E-state index is -1.21. The summed E-state index contributed by atoms with van der Waals surface area (Å²) in [4.78, 5) is 44.9. The van der Waals surface area contributed by atoms with Crippen molar-refractivity contribution in [1.29, 1.82) is 0 Å². The molecule has 0 saturated carbocycles. The molecule has 20 heavy (non-hydrogen) atoms. The van der Waals surface area contributed by atoms with Gasteiger partial charge in [-0.25, -0.2) is 4.79 Å². The third kappa shape index (κ3) is 4.87. The van der Waals surface area contributed by atoms with Gasteiger partial charge in [-0.05, 0) is 12.8 Å². The molecule has 1 fully saturated rings. The van der Waals surface area contributed by atoms with Gasteiger partial charge in [-0.1, -0.05) is 0 Å². The van der Waals surface area contributed by atoms with Gasteiger partial charge in [-0.15, -0.1) is 0 Å². The first kappa shape index (κ1) is 15.9. The highest BCUT2D eigenvalue weighted by Gasteiger charge is 2.28. The van der Waals surface area contributed by atoms with E-state index in [2.05, 4.69) is 15.4 Å². The summed E-state index contributed by atoms with van der Waals surface area (Å²) in [6, 6.07) is -1.14. The number of methoxy groups -OCH3 is 1. The fraction of sp³-hybridized carbons (Fsp3) is 0.667. The van der Waals surface area contributed by atoms with Crippen molar-refractivity contribution in [2.24, 2.45) is 5.92 Å². The van der Waals surface area contributed by atoms with Gasteiger partial charge in [0.15, 0.2) is 0 Å². The van der Waals surface area contributed by atoms with Gasteiger partial charge in [0.05, 0.1) is 13.0 Å². The second kappa shape index (κ2) is 7.46. The van der Waals surface area contributed by atoms with Gasteiger partial charge in [-0.2, -0.15) is 0 Å². The molecule has 0 aromatic rings. The van der Waals surface area contributed by atoms with E-state index in [1.807, 2.05) is 0 Å². The largest absolute Gasteiger partial charge is 0.480 e. The second-order valence-corrected chi connectivity index (χ2v) is 4.55. The molecule has 1 saturated heterocycles. The molecule has 0 radical (unpaired) electrons. The van der Waals surface area contributed by atoms with Gasteiger partial charge in [-0.3, -0.25) is 14.4 Å². The molecule has 0 spiro atoms. The molecule has 1 aliphatic heterocycles. The Morgan fingerprint density at radius 2 is 2.20 bits per heavy atom. The van der Waals surface area contributed by atoms with Crippen molar-refractivity contribution in [3.63, 3.8) is 0 Å². The van der Waals surface area contributed by atoms with Crippen LogP contribution in [-0.2, 0) is 23.9 Å². The van der Waals surface area contributed by atoms with E-state index in [-0.39, 0.29) is 31.7 Å². The van der Waals surface area contributed by atoms with Crippen LogP contribution in [0.4, 0.5) is 0 Å². The molecule has 1 aliphatic rings. The highest BCUT2D eigenvalue weighted by atomic mass is 16.5. The lowest BCUT2D eigenvalue weighted by Crippen LogP contribution is -2.48. The monoisotopic (exact) mass is 286 g/mol. The third-order valence-electron chi connectivity index (χ3n) is 3.12. The Morgan fingerprint density at radius 1 is 1.50 bits per heavy atom. The molecule has 1 rings (SSSR count). The number of carboxylic acid groups (broad SMARTS) is 1. The lowest BCUT2D eigenvalue weighted by molar-refractivity contribution is -0.145. The molecule has 8 heteroatoms. The summed E-state index contributed by atoms with van der Waals surface area (Å²) in [5, 5.41) is 13.9. The van der Waals surface area contributed by atoms with E-state index in [0.717, 1.165) is 0 Å². The van der Waals surface area contributed by atoms with Crippen molar-refractivity contribution in [1.82, 2.24) is 10.6 Å². The van der Waals surface area contributed by atoms with E-state index in [0.29, 0.717) is 6.42 Å². The predicted octanol–water partition coefficient (Wildman–Crippen LogP) is -0.965. The van der Waals surface area contributed by atoms with E-state index < -0.39 is 29.8 Å². The molecule has 2 amide bonds. The third-order valence-corrected chi connectivity index (χ3v) is 3.12. The van der Waals surface area contributed by atoms with Crippen LogP contribution in [0.15, 0.2) is 0 Å². The smallest absolute Gasteiger partial charge is 0.326 e. The Balaban J connectivity index is 2.48. The van der Waals surface area contributed by atoms with Crippen LogP contribution >= 0.6 is 0 Å². The number of amides is 2. The molecule has 1 heterocycles. The predicted molar refractivity (Wildman–Crippen MR) is 66.6 cm³/mol. The van der Waals surface area contributed by atoms with Crippen LogP contribution in [0.5, 0.6) is 0 Å². The maximum atomic E-state index is 11.9. The average Bonchev–Trinajstić information content (AvgIpc) is 2.43. The summed E-state index contributed by atoms with van der Waals surface area (Å²) in [5.74, 6) is -2.72. The number of carbonyl (C=O) groups is 4. The van der Waals surface area contributed by atoms with Crippen molar-refractivity contribution < 1.29 is 29.0 Å². The van der Waals surface area contributed by atoms with Crippen LogP contribution in [-0.4, -0.2) is 48.6 Å². The molecular weight excluding hydrogens is 268 g/mol. The number of carboxylic acids is 1. The SMILES string of the molecule is COC(=O)CCC(NC(=O)C1CCC(=O)NC1)C(=O)O. The Bertz CT molecular complexity index is 399. The first-order chi connectivity index (χ1) is 9.43. The van der Waals surface area contributed by atoms with Gasteiger partial charge in [0.1, 0.15) is 6.04 Å². The van der Waals surface area contributed by atoms with Gasteiger partial charge in [0, 0.05) is 19.4 Å². The van der Waals surface area contributed by atoms with Crippen LogP contribution in [0.3, 0.4) is 0 Å². The molecule has 0 aliphatic carbocycles. The Hall–Kier alpha value is -2.12. The number of rotatable bonds is 6. The summed E-state index contributed by atoms with van der Waals surface area (Å²) in [6.45, 7) is 0.202. The summed E-state index contributed by atoms with van der Waals surface area (Å²) in [7, 11) is 1.21. The van der Waals surface area contributed by atoms with E-state index >= 15 is 0 Å². The second-order valence-electron chi connectivity index (χ2n) is 4.55. The van der Waals surface area contributed by atoms with Crippen LogP contribution in [0.1, 0.15) is 25.7 Å². The fourth-order valence-electron chi connectivity index (χ4n) is 1.87. The van der Waals surface area contributed by atoms with Gasteiger partial charge >= 0.3 is 11.9 Å². The zero-order valence-corrected chi connectivity index (χ0v) is 11.2. The maximum Gasteiger partial charge on any atom is 0.326 e. The minimum Gasteiger partial charge on any atom is -0.480 e. The zero-order valence-electron chi connectivity index (χ0n) is 11.2. The number of aliphatic carboxylic acids is 1. The number of hydrogen-bond acceptors (Lipinski definition) is 5. The van der Waals surface area contributed by atoms with Crippen molar-refractivity contribution >= 4 is 23.8 Å². The van der Waals surface area contributed by atoms with Crippen molar-refractivity contribution in [2.45, 2.75) is 31.7 Å². The maximum absolute atomic E-state index is 11.9. The molecule has 2 unspecified atom stereocenters. The molecule has 2 atom stereocenters. The first-order valence-corrected chi connectivity index (χ1v) is 6.30. The Labute approximate surface area is 115 Å². The topological polar surface area (TPSA) is 122 Å². The summed E-state index contributed by atoms with van der Waals surface area (Å²) in [5.41, 5.74) is 0. The zero-order chi connectivity index (χ0) is 15.1.